The van der Waals surface area contributed by atoms with Crippen molar-refractivity contribution in [2.24, 2.45) is 0 Å². The Morgan fingerprint density at radius 2 is 2.04 bits per heavy atom. The molecule has 0 bridgehead atoms. The van der Waals surface area contributed by atoms with E-state index in [2.05, 4.69) is 15.6 Å². The molecule has 1 aromatic carbocycles. The number of carbonyl (C=O) groups is 3. The van der Waals surface area contributed by atoms with E-state index in [4.69, 9.17) is 0 Å². The Kier molecular flexibility index (Phi) is 6.31. The zero-order valence-electron chi connectivity index (χ0n) is 15.2. The van der Waals surface area contributed by atoms with Crippen LogP contribution in [-0.4, -0.2) is 46.9 Å². The van der Waals surface area contributed by atoms with Gasteiger partial charge in [0.25, 0.3) is 5.91 Å². The van der Waals surface area contributed by atoms with Gasteiger partial charge in [0.1, 0.15) is 11.9 Å². The molecule has 2 N–H and O–H groups in total. The molecular weight excluding hydrogens is 363 g/mol. The van der Waals surface area contributed by atoms with Gasteiger partial charge in [0.2, 0.25) is 5.91 Å². The molecule has 7 nitrogen and oxygen atoms in total. The molecule has 28 heavy (non-hydrogen) atoms. The zero-order valence-corrected chi connectivity index (χ0v) is 15.2. The second kappa shape index (κ2) is 9.07. The molecule has 1 aliphatic rings. The number of urea groups is 1. The second-order valence-corrected chi connectivity index (χ2v) is 6.50. The van der Waals surface area contributed by atoms with Crippen LogP contribution in [0.4, 0.5) is 9.18 Å². The van der Waals surface area contributed by atoms with Crippen molar-refractivity contribution in [2.75, 3.05) is 13.1 Å². The fourth-order valence-corrected chi connectivity index (χ4v) is 2.99. The van der Waals surface area contributed by atoms with E-state index >= 15 is 0 Å². The van der Waals surface area contributed by atoms with Crippen LogP contribution in [0.2, 0.25) is 0 Å². The molecule has 2 heterocycles. The van der Waals surface area contributed by atoms with Gasteiger partial charge in [0.15, 0.2) is 0 Å². The number of pyridine rings is 1. The number of hydrogen-bond donors (Lipinski definition) is 2. The van der Waals surface area contributed by atoms with Gasteiger partial charge >= 0.3 is 6.03 Å². The van der Waals surface area contributed by atoms with Crippen LogP contribution in [0.3, 0.4) is 0 Å². The third-order valence-corrected chi connectivity index (χ3v) is 4.44. The Bertz CT molecular complexity index is 860. The number of rotatable bonds is 8. The number of carbonyl (C=O) groups excluding carboxylic acids is 3. The Balaban J connectivity index is 1.45. The van der Waals surface area contributed by atoms with E-state index in [1.54, 1.807) is 18.3 Å². The summed E-state index contributed by atoms with van der Waals surface area (Å²) in [5.41, 5.74) is 1.55. The lowest BCUT2D eigenvalue weighted by Crippen LogP contribution is -2.37. The summed E-state index contributed by atoms with van der Waals surface area (Å²) in [6.07, 6.45) is 2.49. The van der Waals surface area contributed by atoms with Gasteiger partial charge < -0.3 is 10.6 Å². The minimum atomic E-state index is -0.880. The molecule has 8 heteroatoms. The molecule has 0 unspecified atom stereocenters. The van der Waals surface area contributed by atoms with Gasteiger partial charge in [-0.05, 0) is 36.2 Å². The van der Waals surface area contributed by atoms with Gasteiger partial charge in [-0.2, -0.15) is 0 Å². The first-order valence-corrected chi connectivity index (χ1v) is 9.06. The molecule has 0 spiro atoms. The fraction of sp³-hybridized carbons (Fsp3) is 0.300. The zero-order chi connectivity index (χ0) is 19.9. The largest absolute Gasteiger partial charge is 0.356 e. The summed E-state index contributed by atoms with van der Waals surface area (Å²) in [5.74, 6) is -1.13. The van der Waals surface area contributed by atoms with Crippen LogP contribution in [0.5, 0.6) is 0 Å². The lowest BCUT2D eigenvalue weighted by Gasteiger charge is -2.13. The molecule has 1 atom stereocenters. The summed E-state index contributed by atoms with van der Waals surface area (Å²) < 4.78 is 13.2. The minimum Gasteiger partial charge on any atom is -0.356 e. The van der Waals surface area contributed by atoms with Gasteiger partial charge in [-0.1, -0.05) is 18.2 Å². The summed E-state index contributed by atoms with van der Waals surface area (Å²) in [7, 11) is 0. The first kappa shape index (κ1) is 19.5. The average molecular weight is 384 g/mol. The summed E-state index contributed by atoms with van der Waals surface area (Å²) in [4.78, 5) is 41.8. The number of halogens is 1. The summed E-state index contributed by atoms with van der Waals surface area (Å²) in [6, 6.07) is 10.1. The van der Waals surface area contributed by atoms with E-state index in [9.17, 15) is 18.8 Å². The molecule has 1 aromatic heterocycles. The van der Waals surface area contributed by atoms with Crippen LogP contribution in [0.1, 0.15) is 17.7 Å². The second-order valence-electron chi connectivity index (χ2n) is 6.50. The highest BCUT2D eigenvalue weighted by Gasteiger charge is 2.38. The predicted molar refractivity (Wildman–Crippen MR) is 99.7 cm³/mol. The van der Waals surface area contributed by atoms with Gasteiger partial charge in [-0.15, -0.1) is 0 Å². The highest BCUT2D eigenvalue weighted by molar-refractivity contribution is 6.05. The third kappa shape index (κ3) is 5.12. The molecule has 4 amide bonds. The number of amides is 4. The first-order chi connectivity index (χ1) is 13.5. The summed E-state index contributed by atoms with van der Waals surface area (Å²) in [5, 5.41) is 5.26. The van der Waals surface area contributed by atoms with Crippen LogP contribution in [0.25, 0.3) is 0 Å². The van der Waals surface area contributed by atoms with Gasteiger partial charge in [-0.25, -0.2) is 9.18 Å². The molecule has 2 aromatic rings. The van der Waals surface area contributed by atoms with Crippen molar-refractivity contribution in [3.05, 3.63) is 65.7 Å². The highest BCUT2D eigenvalue weighted by Crippen LogP contribution is 2.12. The highest BCUT2D eigenvalue weighted by atomic mass is 19.1. The van der Waals surface area contributed by atoms with E-state index in [0.717, 1.165) is 10.6 Å². The number of aromatic nitrogens is 1. The monoisotopic (exact) mass is 384 g/mol. The van der Waals surface area contributed by atoms with E-state index in [1.165, 1.54) is 12.1 Å². The molecule has 0 saturated carbocycles. The lowest BCUT2D eigenvalue weighted by atomic mass is 10.1. The van der Waals surface area contributed by atoms with E-state index in [-0.39, 0.29) is 24.7 Å². The van der Waals surface area contributed by atoms with Crippen molar-refractivity contribution in [1.82, 2.24) is 20.5 Å². The predicted octanol–water partition coefficient (Wildman–Crippen LogP) is 1.43. The van der Waals surface area contributed by atoms with Gasteiger partial charge in [0, 0.05) is 31.4 Å². The SMILES string of the molecule is O=C(C[C@@H]1NC(=O)N(CCc2cccc(F)c2)C1=O)NCCc1ccccn1. The van der Waals surface area contributed by atoms with Gasteiger partial charge in [0.05, 0.1) is 6.42 Å². The smallest absolute Gasteiger partial charge is 0.324 e. The Morgan fingerprint density at radius 1 is 1.18 bits per heavy atom. The molecule has 3 rings (SSSR count). The molecule has 0 aliphatic carbocycles. The number of nitrogens with one attached hydrogen (secondary N) is 2. The molecule has 0 radical (unpaired) electrons. The Morgan fingerprint density at radius 3 is 2.79 bits per heavy atom. The lowest BCUT2D eigenvalue weighted by molar-refractivity contribution is -0.130. The number of imide groups is 1. The average Bonchev–Trinajstić information content (AvgIpc) is 2.94. The topological polar surface area (TPSA) is 91.4 Å². The standard InChI is InChI=1S/C20H21FN4O3/c21-15-5-3-4-14(12-15)8-11-25-19(27)17(24-20(25)28)13-18(26)23-10-7-16-6-1-2-9-22-16/h1-6,9,12,17H,7-8,10-11,13H2,(H,23,26)(H,24,28)/t17-/m0/s1. The van der Waals surface area contributed by atoms with Crippen molar-refractivity contribution < 1.29 is 18.8 Å². The normalized spacial score (nSPS) is 16.2. The number of benzene rings is 1. The first-order valence-electron chi connectivity index (χ1n) is 9.06. The number of nitrogens with zero attached hydrogens (tertiary/aromatic N) is 2. The molecule has 1 fully saturated rings. The molecule has 146 valence electrons. The minimum absolute atomic E-state index is 0.122. The van der Waals surface area contributed by atoms with Crippen molar-refractivity contribution in [2.45, 2.75) is 25.3 Å². The maximum absolute atomic E-state index is 13.2. The van der Waals surface area contributed by atoms with Crippen LogP contribution in [-0.2, 0) is 22.4 Å². The molecule has 1 saturated heterocycles. The summed E-state index contributed by atoms with van der Waals surface area (Å²) in [6.45, 7) is 0.528. The van der Waals surface area contributed by atoms with Crippen molar-refractivity contribution in [3.8, 4) is 0 Å². The summed E-state index contributed by atoms with van der Waals surface area (Å²) >= 11 is 0. The third-order valence-electron chi connectivity index (χ3n) is 4.44. The van der Waals surface area contributed by atoms with E-state index in [0.29, 0.717) is 24.9 Å². The Labute approximate surface area is 161 Å². The van der Waals surface area contributed by atoms with Crippen molar-refractivity contribution in [1.29, 1.82) is 0 Å². The molecule has 1 aliphatic heterocycles. The van der Waals surface area contributed by atoms with Crippen molar-refractivity contribution in [3.63, 3.8) is 0 Å². The van der Waals surface area contributed by atoms with Crippen molar-refractivity contribution >= 4 is 17.8 Å². The van der Waals surface area contributed by atoms with Crippen LogP contribution in [0.15, 0.2) is 48.7 Å². The Hall–Kier alpha value is -3.29. The fourth-order valence-electron chi connectivity index (χ4n) is 2.99. The number of hydrogen-bond acceptors (Lipinski definition) is 4. The van der Waals surface area contributed by atoms with Crippen LogP contribution in [0, 0.1) is 5.82 Å². The van der Waals surface area contributed by atoms with E-state index in [1.807, 2.05) is 18.2 Å². The van der Waals surface area contributed by atoms with Crippen LogP contribution < -0.4 is 10.6 Å². The molecular formula is C20H21FN4O3. The maximum atomic E-state index is 13.2. The van der Waals surface area contributed by atoms with Crippen LogP contribution >= 0.6 is 0 Å². The maximum Gasteiger partial charge on any atom is 0.324 e. The van der Waals surface area contributed by atoms with E-state index < -0.39 is 18.0 Å². The van der Waals surface area contributed by atoms with Gasteiger partial charge in [-0.3, -0.25) is 19.5 Å². The quantitative estimate of drug-likeness (QED) is 0.674.